The Bertz CT molecular complexity index is 1970. The number of hydrogen-bond acceptors (Lipinski definition) is 6. The topological polar surface area (TPSA) is 111 Å². The molecule has 0 bridgehead atoms. The van der Waals surface area contributed by atoms with Gasteiger partial charge in [-0.2, -0.15) is 0 Å². The Hall–Kier alpha value is -5.80. The lowest BCUT2D eigenvalue weighted by molar-refractivity contribution is 0.454. The predicted octanol–water partition coefficient (Wildman–Crippen LogP) is 7.80. The molecule has 40 heavy (non-hydrogen) atoms. The van der Waals surface area contributed by atoms with Gasteiger partial charge in [-0.25, -0.2) is 0 Å². The van der Waals surface area contributed by atoms with Crippen LogP contribution in [0.1, 0.15) is 5.56 Å². The standard InChI is InChI=1S/C34H24N2O4/c1-2-20-7-5-9-26-24(20)13-17-32(40-23-12-15-28(36)30(38)19-23)34(26)33-25-8-4-3-6-21(25)10-16-31(33)39-22-11-14-27(35)29(37)18-22/h1,3-19,37-38H,35-36H2. The molecule has 0 aliphatic heterocycles. The maximum Gasteiger partial charge on any atom is 0.142 e. The van der Waals surface area contributed by atoms with Crippen LogP contribution in [-0.4, -0.2) is 10.2 Å². The van der Waals surface area contributed by atoms with Crippen molar-refractivity contribution in [1.29, 1.82) is 0 Å². The van der Waals surface area contributed by atoms with Gasteiger partial charge in [0.1, 0.15) is 34.5 Å². The van der Waals surface area contributed by atoms with E-state index >= 15 is 0 Å². The van der Waals surface area contributed by atoms with E-state index in [4.69, 9.17) is 27.4 Å². The van der Waals surface area contributed by atoms with Crippen LogP contribution in [0.4, 0.5) is 11.4 Å². The van der Waals surface area contributed by atoms with Gasteiger partial charge in [0, 0.05) is 28.8 Å². The van der Waals surface area contributed by atoms with E-state index in [0.717, 1.165) is 38.2 Å². The third kappa shape index (κ3) is 4.32. The molecule has 0 saturated carbocycles. The van der Waals surface area contributed by atoms with Gasteiger partial charge in [-0.05, 0) is 70.1 Å². The minimum Gasteiger partial charge on any atom is -0.506 e. The Kier molecular flexibility index (Phi) is 6.02. The van der Waals surface area contributed by atoms with Gasteiger partial charge in [-0.1, -0.05) is 48.4 Å². The zero-order valence-electron chi connectivity index (χ0n) is 21.3. The van der Waals surface area contributed by atoms with Crippen LogP contribution < -0.4 is 20.9 Å². The second kappa shape index (κ2) is 9.82. The summed E-state index contributed by atoms with van der Waals surface area (Å²) in [6, 6.07) is 30.9. The number of fused-ring (bicyclic) bond motifs is 2. The highest BCUT2D eigenvalue weighted by Crippen LogP contribution is 2.48. The zero-order chi connectivity index (χ0) is 27.8. The molecule has 6 aromatic rings. The van der Waals surface area contributed by atoms with Crippen LogP contribution >= 0.6 is 0 Å². The van der Waals surface area contributed by atoms with E-state index in [2.05, 4.69) is 5.92 Å². The summed E-state index contributed by atoms with van der Waals surface area (Å²) in [5.74, 6) is 4.50. The van der Waals surface area contributed by atoms with Gasteiger partial charge < -0.3 is 31.2 Å². The first kappa shape index (κ1) is 24.5. The molecule has 0 aliphatic carbocycles. The van der Waals surface area contributed by atoms with Gasteiger partial charge in [-0.15, -0.1) is 6.42 Å². The molecule has 6 aromatic carbocycles. The number of rotatable bonds is 5. The average molecular weight is 525 g/mol. The molecule has 0 atom stereocenters. The second-order valence-corrected chi connectivity index (χ2v) is 9.29. The Morgan fingerprint density at radius 2 is 1.15 bits per heavy atom. The maximum atomic E-state index is 10.2. The predicted molar refractivity (Wildman–Crippen MR) is 160 cm³/mol. The highest BCUT2D eigenvalue weighted by atomic mass is 16.5. The number of hydrogen-bond donors (Lipinski definition) is 4. The third-order valence-corrected chi connectivity index (χ3v) is 6.78. The van der Waals surface area contributed by atoms with E-state index in [-0.39, 0.29) is 22.9 Å². The number of nitrogens with two attached hydrogens (primary N) is 2. The molecule has 0 heterocycles. The molecule has 0 unspecified atom stereocenters. The van der Waals surface area contributed by atoms with Crippen molar-refractivity contribution in [3.05, 3.63) is 109 Å². The molecule has 0 aliphatic rings. The molecule has 0 spiro atoms. The molecule has 6 N–H and O–H groups in total. The summed E-state index contributed by atoms with van der Waals surface area (Å²) in [5.41, 5.74) is 14.4. The Morgan fingerprint density at radius 3 is 1.77 bits per heavy atom. The largest absolute Gasteiger partial charge is 0.506 e. The Balaban J connectivity index is 1.66. The van der Waals surface area contributed by atoms with Gasteiger partial charge in [0.15, 0.2) is 0 Å². The van der Waals surface area contributed by atoms with E-state index in [1.165, 1.54) is 12.1 Å². The smallest absolute Gasteiger partial charge is 0.142 e. The first-order valence-corrected chi connectivity index (χ1v) is 12.5. The molecular weight excluding hydrogens is 500 g/mol. The number of nitrogen functional groups attached to an aromatic ring is 2. The van der Waals surface area contributed by atoms with E-state index in [1.807, 2.05) is 66.7 Å². The van der Waals surface area contributed by atoms with Crippen LogP contribution in [0.3, 0.4) is 0 Å². The van der Waals surface area contributed by atoms with Crippen LogP contribution in [0.5, 0.6) is 34.5 Å². The summed E-state index contributed by atoms with van der Waals surface area (Å²) < 4.78 is 12.8. The number of ether oxygens (including phenoxy) is 2. The second-order valence-electron chi connectivity index (χ2n) is 9.29. The van der Waals surface area contributed by atoms with Gasteiger partial charge >= 0.3 is 0 Å². The van der Waals surface area contributed by atoms with Crippen LogP contribution in [0.2, 0.25) is 0 Å². The zero-order valence-corrected chi connectivity index (χ0v) is 21.3. The fourth-order valence-corrected chi connectivity index (χ4v) is 4.83. The lowest BCUT2D eigenvalue weighted by Crippen LogP contribution is -1.96. The Labute approximate surface area is 230 Å². The summed E-state index contributed by atoms with van der Waals surface area (Å²) in [7, 11) is 0. The first-order chi connectivity index (χ1) is 19.4. The highest BCUT2D eigenvalue weighted by molar-refractivity contribution is 6.11. The summed E-state index contributed by atoms with van der Waals surface area (Å²) in [5, 5.41) is 24.1. The van der Waals surface area contributed by atoms with E-state index in [1.54, 1.807) is 24.3 Å². The van der Waals surface area contributed by atoms with Gasteiger partial charge in [0.05, 0.1) is 11.4 Å². The normalized spacial score (nSPS) is 10.9. The van der Waals surface area contributed by atoms with Crippen molar-refractivity contribution < 1.29 is 19.7 Å². The van der Waals surface area contributed by atoms with Gasteiger partial charge in [-0.3, -0.25) is 0 Å². The summed E-state index contributed by atoms with van der Waals surface area (Å²) >= 11 is 0. The molecule has 0 amide bonds. The molecule has 6 rings (SSSR count). The fourth-order valence-electron chi connectivity index (χ4n) is 4.83. The van der Waals surface area contributed by atoms with Crippen LogP contribution in [0.25, 0.3) is 32.7 Å². The summed E-state index contributed by atoms with van der Waals surface area (Å²) in [6.45, 7) is 0. The monoisotopic (exact) mass is 524 g/mol. The maximum absolute atomic E-state index is 10.2. The third-order valence-electron chi connectivity index (χ3n) is 6.78. The van der Waals surface area contributed by atoms with E-state index in [0.29, 0.717) is 23.0 Å². The van der Waals surface area contributed by atoms with Crippen molar-refractivity contribution in [3.8, 4) is 58.0 Å². The number of aromatic hydroxyl groups is 2. The van der Waals surface area contributed by atoms with Crippen molar-refractivity contribution in [2.45, 2.75) is 0 Å². The van der Waals surface area contributed by atoms with Crippen molar-refractivity contribution in [1.82, 2.24) is 0 Å². The van der Waals surface area contributed by atoms with Crippen molar-refractivity contribution in [2.75, 3.05) is 11.5 Å². The molecular formula is C34H24N2O4. The van der Waals surface area contributed by atoms with Crippen molar-refractivity contribution in [2.24, 2.45) is 0 Å². The number of terminal acetylenes is 1. The van der Waals surface area contributed by atoms with Crippen LogP contribution in [0.15, 0.2) is 103 Å². The molecule has 0 saturated heterocycles. The SMILES string of the molecule is C#Cc1cccc2c(-c3c(Oc4ccc(N)c(O)c4)ccc4ccccc34)c(Oc3ccc(N)c(O)c3)ccc12. The molecule has 6 nitrogen and oxygen atoms in total. The molecule has 6 heteroatoms. The van der Waals surface area contributed by atoms with E-state index in [9.17, 15) is 10.2 Å². The number of phenolic OH excluding ortho intramolecular Hbond substituents is 2. The minimum atomic E-state index is -0.0770. The van der Waals surface area contributed by atoms with Crippen molar-refractivity contribution in [3.63, 3.8) is 0 Å². The Morgan fingerprint density at radius 1 is 0.575 bits per heavy atom. The van der Waals surface area contributed by atoms with Crippen molar-refractivity contribution >= 4 is 32.9 Å². The van der Waals surface area contributed by atoms with Crippen LogP contribution in [-0.2, 0) is 0 Å². The van der Waals surface area contributed by atoms with Gasteiger partial charge in [0.25, 0.3) is 0 Å². The lowest BCUT2D eigenvalue weighted by atomic mass is 9.91. The molecule has 0 aromatic heterocycles. The quantitative estimate of drug-likeness (QED) is 0.104. The fraction of sp³-hybridized carbons (Fsp3) is 0. The average Bonchev–Trinajstić information content (AvgIpc) is 2.96. The number of phenols is 2. The molecule has 0 fully saturated rings. The summed E-state index contributed by atoms with van der Waals surface area (Å²) in [6.07, 6.45) is 5.87. The van der Waals surface area contributed by atoms with Gasteiger partial charge in [0.2, 0.25) is 0 Å². The van der Waals surface area contributed by atoms with E-state index < -0.39 is 0 Å². The number of benzene rings is 6. The highest BCUT2D eigenvalue weighted by Gasteiger charge is 2.21. The first-order valence-electron chi connectivity index (χ1n) is 12.5. The number of anilines is 2. The van der Waals surface area contributed by atoms with Crippen LogP contribution in [0, 0.1) is 12.3 Å². The minimum absolute atomic E-state index is 0.0733. The molecule has 194 valence electrons. The molecule has 0 radical (unpaired) electrons. The summed E-state index contributed by atoms with van der Waals surface area (Å²) in [4.78, 5) is 0. The lowest BCUT2D eigenvalue weighted by Gasteiger charge is -2.20.